The number of hydrogen-bond acceptors (Lipinski definition) is 7. The minimum Gasteiger partial charge on any atom is -0.467 e. The molecule has 8 nitrogen and oxygen atoms in total. The first-order chi connectivity index (χ1) is 12.9. The number of tetrazole rings is 1. The number of aryl methyl sites for hydroxylation is 2. The number of nitrogens with zero attached hydrogens (tertiary/aromatic N) is 4. The van der Waals surface area contributed by atoms with Crippen LogP contribution in [0.1, 0.15) is 31.4 Å². The fourth-order valence-corrected chi connectivity index (χ4v) is 3.20. The lowest BCUT2D eigenvalue weighted by atomic mass is 9.99. The van der Waals surface area contributed by atoms with Gasteiger partial charge in [0, 0.05) is 0 Å². The van der Waals surface area contributed by atoms with E-state index in [0.717, 1.165) is 23.2 Å². The second kappa shape index (κ2) is 9.50. The number of ether oxygens (including phenoxy) is 1. The molecule has 9 heteroatoms. The van der Waals surface area contributed by atoms with Crippen LogP contribution in [0.15, 0.2) is 23.4 Å². The molecule has 0 saturated heterocycles. The Kier molecular flexibility index (Phi) is 7.35. The summed E-state index contributed by atoms with van der Waals surface area (Å²) >= 11 is 1.21. The van der Waals surface area contributed by atoms with Gasteiger partial charge in [0.1, 0.15) is 6.04 Å². The van der Waals surface area contributed by atoms with Crippen LogP contribution in [0.25, 0.3) is 5.69 Å². The van der Waals surface area contributed by atoms with Gasteiger partial charge in [0.25, 0.3) is 0 Å². The van der Waals surface area contributed by atoms with E-state index in [1.165, 1.54) is 18.9 Å². The summed E-state index contributed by atoms with van der Waals surface area (Å²) < 4.78 is 6.41. The van der Waals surface area contributed by atoms with Crippen molar-refractivity contribution in [1.29, 1.82) is 0 Å². The summed E-state index contributed by atoms with van der Waals surface area (Å²) in [4.78, 5) is 24.2. The average molecular weight is 391 g/mol. The Morgan fingerprint density at radius 1 is 1.33 bits per heavy atom. The van der Waals surface area contributed by atoms with Crippen molar-refractivity contribution in [1.82, 2.24) is 25.5 Å². The molecular weight excluding hydrogens is 366 g/mol. The van der Waals surface area contributed by atoms with Gasteiger partial charge in [-0.1, -0.05) is 44.2 Å². The SMILES string of the molecule is CCC(C)C(NC(=O)CSc1nnnn1-c1cc(C)ccc1C)C(=O)OC. The first-order valence-electron chi connectivity index (χ1n) is 8.73. The molecule has 0 aliphatic heterocycles. The van der Waals surface area contributed by atoms with Crippen LogP contribution in [0, 0.1) is 19.8 Å². The third-order valence-corrected chi connectivity index (χ3v) is 5.27. The molecular formula is C18H25N5O3S. The van der Waals surface area contributed by atoms with Crippen LogP contribution < -0.4 is 5.32 Å². The minimum absolute atomic E-state index is 0.0216. The fraction of sp³-hybridized carbons (Fsp3) is 0.500. The predicted octanol–water partition coefficient (Wildman–Crippen LogP) is 2.08. The monoisotopic (exact) mass is 391 g/mol. The molecule has 0 spiro atoms. The van der Waals surface area contributed by atoms with Gasteiger partial charge in [-0.2, -0.15) is 4.68 Å². The number of hydrogen-bond donors (Lipinski definition) is 1. The Hall–Kier alpha value is -2.42. The van der Waals surface area contributed by atoms with Crippen LogP contribution >= 0.6 is 11.8 Å². The van der Waals surface area contributed by atoms with Gasteiger partial charge in [0.2, 0.25) is 11.1 Å². The summed E-state index contributed by atoms with van der Waals surface area (Å²) in [5, 5.41) is 15.0. The summed E-state index contributed by atoms with van der Waals surface area (Å²) in [6, 6.07) is 5.35. The molecule has 0 aliphatic rings. The minimum atomic E-state index is -0.664. The molecule has 0 radical (unpaired) electrons. The lowest BCUT2D eigenvalue weighted by molar-refractivity contribution is -0.146. The quantitative estimate of drug-likeness (QED) is 0.543. The standard InChI is InChI=1S/C18H25N5O3S/c1-6-12(3)16(17(25)26-5)19-15(24)10-27-18-20-21-22-23(18)14-9-11(2)7-8-13(14)4/h7-9,12,16H,6,10H2,1-5H3,(H,19,24). The molecule has 1 N–H and O–H groups in total. The van der Waals surface area contributed by atoms with Crippen LogP contribution in [0.2, 0.25) is 0 Å². The fourth-order valence-electron chi connectivity index (χ4n) is 2.51. The molecule has 0 bridgehead atoms. The van der Waals surface area contributed by atoms with Gasteiger partial charge < -0.3 is 10.1 Å². The molecule has 0 saturated carbocycles. The normalized spacial score (nSPS) is 13.1. The molecule has 1 aromatic heterocycles. The second-order valence-corrected chi connectivity index (χ2v) is 7.35. The Labute approximate surface area is 163 Å². The summed E-state index contributed by atoms with van der Waals surface area (Å²) in [6.07, 6.45) is 0.748. The number of carbonyl (C=O) groups is 2. The van der Waals surface area contributed by atoms with Crippen molar-refractivity contribution < 1.29 is 14.3 Å². The first kappa shape index (κ1) is 20.9. The number of amides is 1. The Bertz CT molecular complexity index is 808. The maximum absolute atomic E-state index is 12.3. The summed E-state index contributed by atoms with van der Waals surface area (Å²) in [5.74, 6) is -0.643. The van der Waals surface area contributed by atoms with Gasteiger partial charge >= 0.3 is 5.97 Å². The van der Waals surface area contributed by atoms with Crippen molar-refractivity contribution in [2.75, 3.05) is 12.9 Å². The van der Waals surface area contributed by atoms with E-state index in [0.29, 0.717) is 5.16 Å². The highest BCUT2D eigenvalue weighted by molar-refractivity contribution is 7.99. The zero-order valence-corrected chi connectivity index (χ0v) is 17.0. The predicted molar refractivity (Wildman–Crippen MR) is 103 cm³/mol. The van der Waals surface area contributed by atoms with E-state index in [-0.39, 0.29) is 17.6 Å². The molecule has 2 rings (SSSR count). The molecule has 1 amide bonds. The number of rotatable bonds is 8. The summed E-state index contributed by atoms with van der Waals surface area (Å²) in [6.45, 7) is 7.83. The lowest BCUT2D eigenvalue weighted by Crippen LogP contribution is -2.46. The number of nitrogens with one attached hydrogen (secondary N) is 1. The maximum Gasteiger partial charge on any atom is 0.328 e. The average Bonchev–Trinajstić information content (AvgIpc) is 3.13. The highest BCUT2D eigenvalue weighted by Crippen LogP contribution is 2.21. The van der Waals surface area contributed by atoms with Gasteiger partial charge in [0.05, 0.1) is 18.6 Å². The molecule has 2 unspecified atom stereocenters. The van der Waals surface area contributed by atoms with E-state index in [2.05, 4.69) is 20.8 Å². The van der Waals surface area contributed by atoms with Gasteiger partial charge in [-0.05, 0) is 47.4 Å². The van der Waals surface area contributed by atoms with Gasteiger partial charge in [-0.25, -0.2) is 4.79 Å². The maximum atomic E-state index is 12.3. The van der Waals surface area contributed by atoms with Crippen LogP contribution in [0.4, 0.5) is 0 Å². The van der Waals surface area contributed by atoms with Crippen molar-refractivity contribution in [2.24, 2.45) is 5.92 Å². The number of esters is 1. The zero-order chi connectivity index (χ0) is 20.0. The van der Waals surface area contributed by atoms with Crippen molar-refractivity contribution in [3.8, 4) is 5.69 Å². The number of carbonyl (C=O) groups excluding carboxylic acids is 2. The zero-order valence-electron chi connectivity index (χ0n) is 16.2. The second-order valence-electron chi connectivity index (χ2n) is 6.41. The highest BCUT2D eigenvalue weighted by Gasteiger charge is 2.26. The summed E-state index contributed by atoms with van der Waals surface area (Å²) in [5.41, 5.74) is 2.99. The van der Waals surface area contributed by atoms with E-state index in [4.69, 9.17) is 4.74 Å². The largest absolute Gasteiger partial charge is 0.467 e. The molecule has 0 fully saturated rings. The van der Waals surface area contributed by atoms with Gasteiger partial charge in [-0.15, -0.1) is 5.10 Å². The molecule has 0 aliphatic carbocycles. The van der Waals surface area contributed by atoms with Crippen LogP contribution in [-0.2, 0) is 14.3 Å². The Balaban J connectivity index is 2.07. The molecule has 2 atom stereocenters. The van der Waals surface area contributed by atoms with Crippen LogP contribution in [0.5, 0.6) is 0 Å². The highest BCUT2D eigenvalue weighted by atomic mass is 32.2. The summed E-state index contributed by atoms with van der Waals surface area (Å²) in [7, 11) is 1.32. The third kappa shape index (κ3) is 5.29. The van der Waals surface area contributed by atoms with Crippen LogP contribution in [0.3, 0.4) is 0 Å². The third-order valence-electron chi connectivity index (χ3n) is 4.35. The smallest absolute Gasteiger partial charge is 0.328 e. The topological polar surface area (TPSA) is 99.0 Å². The van der Waals surface area contributed by atoms with Crippen molar-refractivity contribution in [2.45, 2.75) is 45.3 Å². The van der Waals surface area contributed by atoms with E-state index >= 15 is 0 Å². The number of thioether (sulfide) groups is 1. The molecule has 2 aromatic rings. The number of benzene rings is 1. The molecule has 27 heavy (non-hydrogen) atoms. The Morgan fingerprint density at radius 2 is 2.07 bits per heavy atom. The van der Waals surface area contributed by atoms with E-state index in [1.54, 1.807) is 4.68 Å². The van der Waals surface area contributed by atoms with Crippen molar-refractivity contribution in [3.05, 3.63) is 29.3 Å². The van der Waals surface area contributed by atoms with Gasteiger partial charge in [-0.3, -0.25) is 4.79 Å². The van der Waals surface area contributed by atoms with Crippen molar-refractivity contribution in [3.63, 3.8) is 0 Å². The van der Waals surface area contributed by atoms with Gasteiger partial charge in [0.15, 0.2) is 0 Å². The lowest BCUT2D eigenvalue weighted by Gasteiger charge is -2.21. The Morgan fingerprint density at radius 3 is 2.74 bits per heavy atom. The van der Waals surface area contributed by atoms with E-state index < -0.39 is 12.0 Å². The van der Waals surface area contributed by atoms with Crippen molar-refractivity contribution >= 4 is 23.6 Å². The van der Waals surface area contributed by atoms with E-state index in [9.17, 15) is 9.59 Å². The molecule has 146 valence electrons. The first-order valence-corrected chi connectivity index (χ1v) is 9.71. The van der Waals surface area contributed by atoms with Crippen LogP contribution in [-0.4, -0.2) is 51.0 Å². The molecule has 1 heterocycles. The number of methoxy groups -OCH3 is 1. The van der Waals surface area contributed by atoms with E-state index in [1.807, 2.05) is 45.9 Å². The molecule has 1 aromatic carbocycles. The number of aromatic nitrogens is 4.